The number of nitrogens with one attached hydrogen (secondary N) is 1. The smallest absolute Gasteiger partial charge is 0.248 e. The van der Waals surface area contributed by atoms with Crippen LogP contribution in [0.15, 0.2) is 35.2 Å². The zero-order valence-corrected chi connectivity index (χ0v) is 24.1. The number of Topliss-reactive ketones (excluding diaryl/α,β-unsaturated/α-hetero) is 1. The highest BCUT2D eigenvalue weighted by Gasteiger charge is 2.56. The van der Waals surface area contributed by atoms with Gasteiger partial charge in [0.25, 0.3) is 0 Å². The molecule has 4 aromatic heterocycles. The van der Waals surface area contributed by atoms with Crippen LogP contribution in [0.4, 0.5) is 5.82 Å². The van der Waals surface area contributed by atoms with Gasteiger partial charge in [0.1, 0.15) is 34.5 Å². The topological polar surface area (TPSA) is 136 Å². The lowest BCUT2D eigenvalue weighted by Crippen LogP contribution is -2.47. The molecule has 1 aliphatic heterocycles. The Morgan fingerprint density at radius 3 is 2.58 bits per heavy atom. The minimum atomic E-state index is -0.584. The molecule has 1 saturated heterocycles. The average molecular weight is 603 g/mol. The number of rotatable bonds is 6. The molecule has 1 saturated carbocycles. The SMILES string of the molecule is CC(=O)c1nn(CC(=O)N2C[C@H]3C[C@H]3[C@H]2C(=O)Nc2nc(Br)ccc2C)c2c(C)nc(-c3cnc(C)nc3)cc12. The van der Waals surface area contributed by atoms with E-state index in [-0.39, 0.29) is 35.8 Å². The van der Waals surface area contributed by atoms with E-state index in [1.165, 1.54) is 11.6 Å². The molecule has 12 heteroatoms. The van der Waals surface area contributed by atoms with Crippen molar-refractivity contribution in [2.45, 2.75) is 46.7 Å². The van der Waals surface area contributed by atoms with Gasteiger partial charge in [-0.15, -0.1) is 0 Å². The minimum absolute atomic E-state index is 0.114. The molecule has 4 aromatic rings. The summed E-state index contributed by atoms with van der Waals surface area (Å²) in [6.45, 7) is 7.34. The van der Waals surface area contributed by atoms with Crippen molar-refractivity contribution in [3.05, 3.63) is 58.0 Å². The molecule has 6 rings (SSSR count). The first-order chi connectivity index (χ1) is 19.1. The highest BCUT2D eigenvalue weighted by molar-refractivity contribution is 9.10. The van der Waals surface area contributed by atoms with Gasteiger partial charge in [0.2, 0.25) is 11.8 Å². The number of pyridine rings is 2. The van der Waals surface area contributed by atoms with E-state index in [2.05, 4.69) is 41.3 Å². The Bertz CT molecular complexity index is 1700. The number of hydrogen-bond donors (Lipinski definition) is 1. The lowest BCUT2D eigenvalue weighted by molar-refractivity contribution is -0.138. The van der Waals surface area contributed by atoms with Gasteiger partial charge in [0.05, 0.1) is 16.9 Å². The van der Waals surface area contributed by atoms with Crippen LogP contribution in [0, 0.1) is 32.6 Å². The molecule has 11 nitrogen and oxygen atoms in total. The molecule has 40 heavy (non-hydrogen) atoms. The fourth-order valence-electron chi connectivity index (χ4n) is 5.54. The number of aryl methyl sites for hydroxylation is 3. The highest BCUT2D eigenvalue weighted by Crippen LogP contribution is 2.50. The average Bonchev–Trinajstić information content (AvgIpc) is 3.40. The molecule has 0 radical (unpaired) electrons. The van der Waals surface area contributed by atoms with Crippen LogP contribution in [-0.4, -0.2) is 64.8 Å². The van der Waals surface area contributed by atoms with E-state index in [0.29, 0.717) is 56.6 Å². The van der Waals surface area contributed by atoms with Gasteiger partial charge in [-0.1, -0.05) is 6.07 Å². The van der Waals surface area contributed by atoms with E-state index in [9.17, 15) is 14.4 Å². The summed E-state index contributed by atoms with van der Waals surface area (Å²) in [5.74, 6) is 0.848. The van der Waals surface area contributed by atoms with Gasteiger partial charge < -0.3 is 10.2 Å². The maximum atomic E-state index is 13.7. The summed E-state index contributed by atoms with van der Waals surface area (Å²) in [5, 5.41) is 8.06. The molecule has 3 atom stereocenters. The van der Waals surface area contributed by atoms with Gasteiger partial charge in [-0.3, -0.25) is 24.0 Å². The second-order valence-corrected chi connectivity index (χ2v) is 11.3. The van der Waals surface area contributed by atoms with Crippen LogP contribution in [0.2, 0.25) is 0 Å². The molecule has 0 unspecified atom stereocenters. The quantitative estimate of drug-likeness (QED) is 0.261. The van der Waals surface area contributed by atoms with E-state index in [1.54, 1.807) is 30.3 Å². The van der Waals surface area contributed by atoms with Crippen LogP contribution in [0.5, 0.6) is 0 Å². The number of piperidine rings is 1. The van der Waals surface area contributed by atoms with Crippen molar-refractivity contribution in [3.8, 4) is 11.3 Å². The van der Waals surface area contributed by atoms with E-state index in [0.717, 1.165) is 12.0 Å². The predicted octanol–water partition coefficient (Wildman–Crippen LogP) is 3.66. The molecule has 2 aliphatic rings. The molecule has 1 N–H and O–H groups in total. The van der Waals surface area contributed by atoms with Crippen molar-refractivity contribution in [1.29, 1.82) is 0 Å². The highest BCUT2D eigenvalue weighted by atomic mass is 79.9. The van der Waals surface area contributed by atoms with Crippen LogP contribution >= 0.6 is 15.9 Å². The lowest BCUT2D eigenvalue weighted by Gasteiger charge is -2.27. The molecular formula is C28H27BrN8O3. The number of anilines is 1. The van der Waals surface area contributed by atoms with E-state index >= 15 is 0 Å². The number of carbonyl (C=O) groups is 3. The van der Waals surface area contributed by atoms with Crippen molar-refractivity contribution in [3.63, 3.8) is 0 Å². The maximum absolute atomic E-state index is 13.7. The normalized spacial score (nSPS) is 19.5. The third kappa shape index (κ3) is 4.66. The van der Waals surface area contributed by atoms with E-state index < -0.39 is 6.04 Å². The van der Waals surface area contributed by atoms with Crippen LogP contribution in [0.1, 0.15) is 40.9 Å². The molecule has 0 bridgehead atoms. The van der Waals surface area contributed by atoms with Crippen LogP contribution in [-0.2, 0) is 16.1 Å². The molecule has 0 aromatic carbocycles. The van der Waals surface area contributed by atoms with Gasteiger partial charge in [0.15, 0.2) is 5.78 Å². The molecule has 5 heterocycles. The number of ketones is 1. The summed E-state index contributed by atoms with van der Waals surface area (Å²) in [6, 6.07) is 4.88. The summed E-state index contributed by atoms with van der Waals surface area (Å²) in [6.07, 6.45) is 4.29. The van der Waals surface area contributed by atoms with Crippen molar-refractivity contribution < 1.29 is 14.4 Å². The fourth-order valence-corrected chi connectivity index (χ4v) is 5.85. The standard InChI is InChI=1S/C28H27BrN8O3/c1-13-5-6-22(29)33-27(13)34-28(40)26-19-7-17(19)11-36(26)23(39)12-37-25-14(2)32-21(18-9-30-16(4)31-10-18)8-20(25)24(35-37)15(3)38/h5-6,8-10,17,19,26H,7,11-12H2,1-4H3,(H,33,34,40)/t17-,19-,26+/m1/s1. The number of likely N-dealkylation sites (tertiary alicyclic amines) is 1. The zero-order valence-electron chi connectivity index (χ0n) is 22.5. The molecule has 2 amide bonds. The first-order valence-electron chi connectivity index (χ1n) is 13.0. The zero-order chi connectivity index (χ0) is 28.3. The first kappa shape index (κ1) is 26.2. The van der Waals surface area contributed by atoms with E-state index in [1.807, 2.05) is 26.0 Å². The van der Waals surface area contributed by atoms with Crippen molar-refractivity contribution in [2.24, 2.45) is 11.8 Å². The predicted molar refractivity (Wildman–Crippen MR) is 150 cm³/mol. The second-order valence-electron chi connectivity index (χ2n) is 10.5. The number of aromatic nitrogens is 6. The Hall–Kier alpha value is -4.06. The monoisotopic (exact) mass is 602 g/mol. The van der Waals surface area contributed by atoms with Gasteiger partial charge in [0, 0.05) is 36.8 Å². The summed E-state index contributed by atoms with van der Waals surface area (Å²) in [7, 11) is 0. The second kappa shape index (κ2) is 9.84. The van der Waals surface area contributed by atoms with Crippen molar-refractivity contribution >= 4 is 50.2 Å². The molecule has 1 aliphatic carbocycles. The lowest BCUT2D eigenvalue weighted by atomic mass is 10.1. The first-order valence-corrected chi connectivity index (χ1v) is 13.8. The summed E-state index contributed by atoms with van der Waals surface area (Å²) in [5.41, 5.74) is 3.65. The van der Waals surface area contributed by atoms with Gasteiger partial charge in [-0.05, 0) is 72.7 Å². The largest absolute Gasteiger partial charge is 0.328 e. The Balaban J connectivity index is 1.30. The Morgan fingerprint density at radius 1 is 1.10 bits per heavy atom. The third-order valence-corrected chi connectivity index (χ3v) is 8.08. The molecule has 2 fully saturated rings. The van der Waals surface area contributed by atoms with Crippen molar-refractivity contribution in [2.75, 3.05) is 11.9 Å². The van der Waals surface area contributed by atoms with Crippen LogP contribution < -0.4 is 5.32 Å². The van der Waals surface area contributed by atoms with E-state index in [4.69, 9.17) is 4.98 Å². The van der Waals surface area contributed by atoms with Gasteiger partial charge in [-0.2, -0.15) is 5.10 Å². The Labute approximate surface area is 238 Å². The Kier molecular flexibility index (Phi) is 6.44. The minimum Gasteiger partial charge on any atom is -0.328 e. The number of amides is 2. The van der Waals surface area contributed by atoms with Crippen molar-refractivity contribution in [1.82, 2.24) is 34.6 Å². The molecule has 204 valence electrons. The number of hydrogen-bond acceptors (Lipinski definition) is 8. The van der Waals surface area contributed by atoms with Gasteiger partial charge in [-0.25, -0.2) is 15.0 Å². The fraction of sp³-hybridized carbons (Fsp3) is 0.357. The summed E-state index contributed by atoms with van der Waals surface area (Å²) in [4.78, 5) is 58.8. The molecular weight excluding hydrogens is 576 g/mol. The number of fused-ring (bicyclic) bond motifs is 2. The third-order valence-electron chi connectivity index (χ3n) is 7.64. The van der Waals surface area contributed by atoms with Gasteiger partial charge >= 0.3 is 0 Å². The number of carbonyl (C=O) groups excluding carboxylic acids is 3. The molecule has 0 spiro atoms. The number of nitrogens with zero attached hydrogens (tertiary/aromatic N) is 7. The number of halogens is 1. The van der Waals surface area contributed by atoms with Crippen LogP contribution in [0.25, 0.3) is 22.2 Å². The maximum Gasteiger partial charge on any atom is 0.248 e. The van der Waals surface area contributed by atoms with Crippen LogP contribution in [0.3, 0.4) is 0 Å². The Morgan fingerprint density at radius 2 is 1.85 bits per heavy atom. The summed E-state index contributed by atoms with van der Waals surface area (Å²) < 4.78 is 2.15. The summed E-state index contributed by atoms with van der Waals surface area (Å²) >= 11 is 3.35.